The summed E-state index contributed by atoms with van der Waals surface area (Å²) in [6.07, 6.45) is 0.576. The number of methoxy groups -OCH3 is 2. The molecule has 6 nitrogen and oxygen atoms in total. The Kier molecular flexibility index (Phi) is 5.53. The highest BCUT2D eigenvalue weighted by Gasteiger charge is 2.26. The molecule has 1 rings (SSSR count). The van der Waals surface area contributed by atoms with Crippen molar-refractivity contribution in [2.24, 2.45) is 0 Å². The quantitative estimate of drug-likeness (QED) is 0.797. The Balaban J connectivity index is 0.00000256. The number of esters is 2. The first kappa shape index (κ1) is 15.3. The fourth-order valence-electron chi connectivity index (χ4n) is 1.41. The van der Waals surface area contributed by atoms with Crippen LogP contribution < -0.4 is 5.73 Å². The topological polar surface area (TPSA) is 94.4 Å². The van der Waals surface area contributed by atoms with E-state index < -0.39 is 11.9 Å². The van der Waals surface area contributed by atoms with Crippen LogP contribution >= 0.6 is 12.4 Å². The van der Waals surface area contributed by atoms with Gasteiger partial charge in [-0.1, -0.05) is 6.92 Å². The first-order valence-corrected chi connectivity index (χ1v) is 4.73. The summed E-state index contributed by atoms with van der Waals surface area (Å²) >= 11 is 0. The molecule has 0 bridgehead atoms. The maximum absolute atomic E-state index is 11.5. The molecule has 0 radical (unpaired) electrons. The van der Waals surface area contributed by atoms with Crippen molar-refractivity contribution in [2.75, 3.05) is 20.0 Å². The zero-order chi connectivity index (χ0) is 12.3. The van der Waals surface area contributed by atoms with Crippen LogP contribution in [0.25, 0.3) is 0 Å². The Bertz CT molecular complexity index is 428. The molecule has 3 N–H and O–H groups in total. The van der Waals surface area contributed by atoms with Gasteiger partial charge in [0.25, 0.3) is 0 Å². The molecule has 1 aromatic rings. The second kappa shape index (κ2) is 6.15. The summed E-state index contributed by atoms with van der Waals surface area (Å²) < 4.78 is 9.11. The van der Waals surface area contributed by atoms with Crippen LogP contribution in [0.3, 0.4) is 0 Å². The molecule has 0 amide bonds. The average Bonchev–Trinajstić information content (AvgIpc) is 2.64. The third-order valence-corrected chi connectivity index (χ3v) is 2.25. The molecule has 0 aliphatic rings. The van der Waals surface area contributed by atoms with E-state index in [0.717, 1.165) is 0 Å². The van der Waals surface area contributed by atoms with Crippen LogP contribution in [-0.2, 0) is 15.9 Å². The summed E-state index contributed by atoms with van der Waals surface area (Å²) in [6, 6.07) is 0. The Morgan fingerprint density at radius 3 is 2.18 bits per heavy atom. The highest BCUT2D eigenvalue weighted by molar-refractivity contribution is 6.06. The molecule has 1 aromatic heterocycles. The highest BCUT2D eigenvalue weighted by Crippen LogP contribution is 2.23. The lowest BCUT2D eigenvalue weighted by Crippen LogP contribution is -2.11. The van der Waals surface area contributed by atoms with E-state index in [9.17, 15) is 9.59 Å². The first-order chi connectivity index (χ1) is 7.56. The minimum atomic E-state index is -0.658. The van der Waals surface area contributed by atoms with Gasteiger partial charge in [0.1, 0.15) is 11.3 Å². The van der Waals surface area contributed by atoms with E-state index >= 15 is 0 Å². The lowest BCUT2D eigenvalue weighted by atomic mass is 10.2. The summed E-state index contributed by atoms with van der Waals surface area (Å²) in [5.74, 6) is -1.30. The van der Waals surface area contributed by atoms with E-state index in [1.54, 1.807) is 0 Å². The standard InChI is InChI=1S/C10H14N2O4.ClH/c1-4-5-7(11)6(9(13)15-2)8(12-5)10(14)16-3;/h12H,4,11H2,1-3H3;1H. The molecule has 17 heavy (non-hydrogen) atoms. The van der Waals surface area contributed by atoms with Gasteiger partial charge in [0.15, 0.2) is 0 Å². The lowest BCUT2D eigenvalue weighted by molar-refractivity contribution is 0.0552. The smallest absolute Gasteiger partial charge is 0.355 e. The van der Waals surface area contributed by atoms with Crippen molar-refractivity contribution in [2.45, 2.75) is 13.3 Å². The number of hydrogen-bond acceptors (Lipinski definition) is 5. The van der Waals surface area contributed by atoms with Gasteiger partial charge in [-0.3, -0.25) is 0 Å². The van der Waals surface area contributed by atoms with Crippen LogP contribution in [-0.4, -0.2) is 31.1 Å². The van der Waals surface area contributed by atoms with Gasteiger partial charge in [-0.15, -0.1) is 12.4 Å². The Morgan fingerprint density at radius 1 is 1.24 bits per heavy atom. The van der Waals surface area contributed by atoms with Crippen LogP contribution in [0.5, 0.6) is 0 Å². The van der Waals surface area contributed by atoms with Gasteiger partial charge in [0.2, 0.25) is 0 Å². The van der Waals surface area contributed by atoms with Crippen molar-refractivity contribution >= 4 is 30.0 Å². The van der Waals surface area contributed by atoms with Crippen molar-refractivity contribution in [1.29, 1.82) is 0 Å². The second-order valence-electron chi connectivity index (χ2n) is 3.10. The maximum atomic E-state index is 11.5. The van der Waals surface area contributed by atoms with Crippen molar-refractivity contribution in [3.8, 4) is 0 Å². The molecule has 0 spiro atoms. The van der Waals surface area contributed by atoms with E-state index in [1.165, 1.54) is 14.2 Å². The summed E-state index contributed by atoms with van der Waals surface area (Å²) in [5.41, 5.74) is 6.65. The molecule has 0 unspecified atom stereocenters. The number of aryl methyl sites for hydroxylation is 1. The molecule has 7 heteroatoms. The first-order valence-electron chi connectivity index (χ1n) is 4.73. The van der Waals surface area contributed by atoms with Gasteiger partial charge in [-0.2, -0.15) is 0 Å². The van der Waals surface area contributed by atoms with E-state index in [4.69, 9.17) is 5.73 Å². The predicted octanol–water partition coefficient (Wildman–Crippen LogP) is 1.15. The third-order valence-electron chi connectivity index (χ3n) is 2.25. The monoisotopic (exact) mass is 262 g/mol. The lowest BCUT2D eigenvalue weighted by Gasteiger charge is -2.01. The van der Waals surface area contributed by atoms with Gasteiger partial charge in [0.05, 0.1) is 19.9 Å². The molecule has 1 heterocycles. The van der Waals surface area contributed by atoms with Gasteiger partial charge < -0.3 is 20.2 Å². The number of carbonyl (C=O) groups excluding carboxylic acids is 2. The summed E-state index contributed by atoms with van der Waals surface area (Å²) in [4.78, 5) is 25.7. The zero-order valence-corrected chi connectivity index (χ0v) is 10.6. The van der Waals surface area contributed by atoms with E-state index in [0.29, 0.717) is 12.1 Å². The van der Waals surface area contributed by atoms with Crippen LogP contribution in [0.15, 0.2) is 0 Å². The number of nitrogens with one attached hydrogen (secondary N) is 1. The normalized spacial score (nSPS) is 9.35. The second-order valence-corrected chi connectivity index (χ2v) is 3.10. The maximum Gasteiger partial charge on any atom is 0.355 e. The van der Waals surface area contributed by atoms with Gasteiger partial charge in [-0.25, -0.2) is 9.59 Å². The number of carbonyl (C=O) groups is 2. The summed E-state index contributed by atoms with van der Waals surface area (Å²) in [7, 11) is 2.45. The predicted molar refractivity (Wildman–Crippen MR) is 64.5 cm³/mol. The van der Waals surface area contributed by atoms with Crippen LogP contribution in [0.2, 0.25) is 0 Å². The van der Waals surface area contributed by atoms with Gasteiger partial charge in [0, 0.05) is 5.69 Å². The van der Waals surface area contributed by atoms with Gasteiger partial charge >= 0.3 is 11.9 Å². The van der Waals surface area contributed by atoms with Crippen molar-refractivity contribution in [1.82, 2.24) is 4.98 Å². The minimum absolute atomic E-state index is 0. The van der Waals surface area contributed by atoms with Crippen LogP contribution in [0.4, 0.5) is 5.69 Å². The molecule has 0 saturated heterocycles. The molecular weight excluding hydrogens is 248 g/mol. The number of hydrogen-bond donors (Lipinski definition) is 2. The van der Waals surface area contributed by atoms with Crippen molar-refractivity contribution < 1.29 is 19.1 Å². The number of halogens is 1. The fourth-order valence-corrected chi connectivity index (χ4v) is 1.41. The zero-order valence-electron chi connectivity index (χ0n) is 9.83. The molecule has 0 fully saturated rings. The van der Waals surface area contributed by atoms with Crippen LogP contribution in [0, 0.1) is 0 Å². The fraction of sp³-hybridized carbons (Fsp3) is 0.400. The van der Waals surface area contributed by atoms with Crippen molar-refractivity contribution in [3.05, 3.63) is 17.0 Å². The largest absolute Gasteiger partial charge is 0.465 e. The number of anilines is 1. The number of ether oxygens (including phenoxy) is 2. The minimum Gasteiger partial charge on any atom is -0.465 e. The molecule has 96 valence electrons. The average molecular weight is 263 g/mol. The van der Waals surface area contributed by atoms with Crippen molar-refractivity contribution in [3.63, 3.8) is 0 Å². The Morgan fingerprint density at radius 2 is 1.76 bits per heavy atom. The number of nitrogens with two attached hydrogens (primary N) is 1. The molecular formula is C10H15ClN2O4. The van der Waals surface area contributed by atoms with E-state index in [-0.39, 0.29) is 29.4 Å². The third kappa shape index (κ3) is 2.71. The molecule has 0 aliphatic carbocycles. The molecule has 0 aromatic carbocycles. The Labute approximate surface area is 105 Å². The number of aromatic nitrogens is 1. The van der Waals surface area contributed by atoms with E-state index in [2.05, 4.69) is 14.5 Å². The molecule has 0 atom stereocenters. The molecule has 0 saturated carbocycles. The number of aromatic amines is 1. The highest BCUT2D eigenvalue weighted by atomic mass is 35.5. The summed E-state index contributed by atoms with van der Waals surface area (Å²) in [6.45, 7) is 1.85. The Hall–Kier alpha value is -1.69. The number of nitrogen functional groups attached to an aromatic ring is 1. The van der Waals surface area contributed by atoms with Gasteiger partial charge in [-0.05, 0) is 6.42 Å². The SMILES string of the molecule is CCc1[nH]c(C(=O)OC)c(C(=O)OC)c1N.Cl. The van der Waals surface area contributed by atoms with E-state index in [1.807, 2.05) is 6.92 Å². The summed E-state index contributed by atoms with van der Waals surface area (Å²) in [5, 5.41) is 0. The number of H-pyrrole nitrogens is 1. The number of rotatable bonds is 3. The van der Waals surface area contributed by atoms with Crippen LogP contribution in [0.1, 0.15) is 33.5 Å². The molecule has 0 aliphatic heterocycles.